The Labute approximate surface area is 154 Å². The molecule has 0 saturated carbocycles. The highest BCUT2D eigenvalue weighted by molar-refractivity contribution is 7.53. The van der Waals surface area contributed by atoms with Crippen LogP contribution in [0.2, 0.25) is 0 Å². The number of ether oxygens (including phenoxy) is 4. The average Bonchev–Trinajstić information content (AvgIpc) is 2.54. The Bertz CT molecular complexity index is 468. The van der Waals surface area contributed by atoms with E-state index in [-0.39, 0.29) is 26.4 Å². The molecule has 0 aromatic heterocycles. The number of hydrogen-bond donors (Lipinski definition) is 2. The van der Waals surface area contributed by atoms with Gasteiger partial charge in [0.25, 0.3) is 5.79 Å². The Hall–Kier alpha value is -0.990. The fourth-order valence-electron chi connectivity index (χ4n) is 2.18. The largest absolute Gasteiger partial charge is 0.465 e. The minimum Gasteiger partial charge on any atom is -0.465 e. The van der Waals surface area contributed by atoms with Gasteiger partial charge in [0, 0.05) is 13.2 Å². The first-order valence-electron chi connectivity index (χ1n) is 8.88. The van der Waals surface area contributed by atoms with E-state index < -0.39 is 31.0 Å². The molecule has 0 amide bonds. The maximum absolute atomic E-state index is 12.6. The number of esters is 2. The van der Waals surface area contributed by atoms with Crippen molar-refractivity contribution in [2.75, 3.05) is 26.4 Å². The van der Waals surface area contributed by atoms with Crippen LogP contribution in [0.25, 0.3) is 0 Å². The quantitative estimate of drug-likeness (QED) is 0.195. The molecule has 10 heteroatoms. The molecule has 1 atom stereocenters. The first kappa shape index (κ1) is 25.0. The van der Waals surface area contributed by atoms with Gasteiger partial charge in [-0.3, -0.25) is 9.36 Å². The Morgan fingerprint density at radius 1 is 0.923 bits per heavy atom. The molecule has 0 fully saturated rings. The molecular weight excluding hydrogens is 367 g/mol. The molecule has 0 bridgehead atoms. The molecule has 0 rings (SSSR count). The van der Waals surface area contributed by atoms with Crippen molar-refractivity contribution >= 4 is 19.5 Å². The van der Waals surface area contributed by atoms with E-state index >= 15 is 0 Å². The molecule has 0 heterocycles. The number of rotatable bonds is 14. The third-order valence-electron chi connectivity index (χ3n) is 3.39. The van der Waals surface area contributed by atoms with Crippen LogP contribution in [0.15, 0.2) is 0 Å². The number of unbranched alkanes of at least 4 members (excludes halogenated alkanes) is 2. The highest BCUT2D eigenvalue weighted by Gasteiger charge is 2.62. The summed E-state index contributed by atoms with van der Waals surface area (Å²) in [5.74, 6) is -4.99. The minimum absolute atomic E-state index is 0.00991. The molecule has 0 spiro atoms. The zero-order chi connectivity index (χ0) is 20.2. The van der Waals surface area contributed by atoms with E-state index in [9.17, 15) is 23.9 Å². The van der Waals surface area contributed by atoms with Crippen LogP contribution in [0, 0.1) is 0 Å². The summed E-state index contributed by atoms with van der Waals surface area (Å²) in [4.78, 5) is 44.5. The summed E-state index contributed by atoms with van der Waals surface area (Å²) in [5.41, 5.74) is -2.28. The van der Waals surface area contributed by atoms with Crippen LogP contribution < -0.4 is 0 Å². The maximum atomic E-state index is 12.6. The Morgan fingerprint density at radius 3 is 1.77 bits per heavy atom. The second-order valence-corrected chi connectivity index (χ2v) is 7.23. The van der Waals surface area contributed by atoms with E-state index in [1.807, 2.05) is 13.8 Å². The molecule has 0 aromatic carbocycles. The van der Waals surface area contributed by atoms with E-state index in [1.165, 1.54) is 13.8 Å². The van der Waals surface area contributed by atoms with E-state index in [0.717, 1.165) is 12.8 Å². The summed E-state index contributed by atoms with van der Waals surface area (Å²) in [5, 5.41) is 0. The summed E-state index contributed by atoms with van der Waals surface area (Å²) < 4.78 is 32.7. The molecule has 0 aromatic rings. The van der Waals surface area contributed by atoms with Gasteiger partial charge in [-0.1, -0.05) is 26.7 Å². The van der Waals surface area contributed by atoms with Gasteiger partial charge >= 0.3 is 19.5 Å². The highest BCUT2D eigenvalue weighted by Crippen LogP contribution is 2.49. The van der Waals surface area contributed by atoms with Gasteiger partial charge in [0.2, 0.25) is 5.66 Å². The molecule has 1 unspecified atom stereocenters. The van der Waals surface area contributed by atoms with Crippen LogP contribution in [0.1, 0.15) is 53.4 Å². The summed E-state index contributed by atoms with van der Waals surface area (Å²) in [6.45, 7) is 6.46. The molecule has 0 aliphatic carbocycles. The topological polar surface area (TPSA) is 129 Å². The van der Waals surface area contributed by atoms with Crippen LogP contribution in [-0.4, -0.2) is 59.6 Å². The molecule has 0 aliphatic heterocycles. The fourth-order valence-corrected chi connectivity index (χ4v) is 3.22. The summed E-state index contributed by atoms with van der Waals surface area (Å²) >= 11 is 0. The molecule has 9 nitrogen and oxygen atoms in total. The minimum atomic E-state index is -5.18. The Balaban J connectivity index is 5.87. The molecule has 2 N–H and O–H groups in total. The maximum Gasteiger partial charge on any atom is 0.368 e. The Kier molecular flexibility index (Phi) is 11.9. The summed E-state index contributed by atoms with van der Waals surface area (Å²) in [6.07, 6.45) is 2.51. The van der Waals surface area contributed by atoms with Crippen molar-refractivity contribution in [2.24, 2.45) is 0 Å². The van der Waals surface area contributed by atoms with E-state index in [2.05, 4.69) is 0 Å². The predicted octanol–water partition coefficient (Wildman–Crippen LogP) is 1.99. The third-order valence-corrected chi connectivity index (χ3v) is 4.62. The van der Waals surface area contributed by atoms with Gasteiger partial charge in [-0.05, 0) is 26.7 Å². The lowest BCUT2D eigenvalue weighted by Gasteiger charge is -2.36. The van der Waals surface area contributed by atoms with Gasteiger partial charge in [-0.2, -0.15) is 0 Å². The molecule has 0 saturated heterocycles. The lowest BCUT2D eigenvalue weighted by Crippen LogP contribution is -2.58. The number of carbonyl (C=O) groups is 2. The predicted molar refractivity (Wildman–Crippen MR) is 93.5 cm³/mol. The van der Waals surface area contributed by atoms with E-state index in [4.69, 9.17) is 18.9 Å². The van der Waals surface area contributed by atoms with Gasteiger partial charge in [0.15, 0.2) is 0 Å². The van der Waals surface area contributed by atoms with Crippen molar-refractivity contribution in [3.8, 4) is 0 Å². The summed E-state index contributed by atoms with van der Waals surface area (Å²) in [6, 6.07) is 0. The van der Waals surface area contributed by atoms with Gasteiger partial charge in [0.05, 0.1) is 13.2 Å². The van der Waals surface area contributed by atoms with Crippen molar-refractivity contribution in [1.29, 1.82) is 0 Å². The van der Waals surface area contributed by atoms with Crippen molar-refractivity contribution in [3.05, 3.63) is 0 Å². The van der Waals surface area contributed by atoms with Crippen LogP contribution in [0.3, 0.4) is 0 Å². The van der Waals surface area contributed by atoms with Gasteiger partial charge in [-0.15, -0.1) is 0 Å². The molecule has 0 radical (unpaired) electrons. The first-order valence-corrected chi connectivity index (χ1v) is 10.6. The highest BCUT2D eigenvalue weighted by atomic mass is 31.2. The second kappa shape index (κ2) is 12.4. The van der Waals surface area contributed by atoms with E-state index in [0.29, 0.717) is 12.8 Å². The molecule has 0 aliphatic rings. The SMILES string of the molecule is CCCCOC(=O)C(C(OCC)(OCC)C(=O)OCCCC)P(=O)(O)O. The van der Waals surface area contributed by atoms with Crippen molar-refractivity contribution in [1.82, 2.24) is 0 Å². The third kappa shape index (κ3) is 7.32. The number of carbonyl (C=O) groups excluding carboxylic acids is 2. The van der Waals surface area contributed by atoms with Crippen molar-refractivity contribution in [2.45, 2.75) is 64.8 Å². The Morgan fingerprint density at radius 2 is 1.38 bits per heavy atom. The van der Waals surface area contributed by atoms with Gasteiger partial charge < -0.3 is 28.7 Å². The first-order chi connectivity index (χ1) is 12.2. The van der Waals surface area contributed by atoms with Crippen molar-refractivity contribution < 1.29 is 42.9 Å². The normalized spacial score (nSPS) is 13.3. The van der Waals surface area contributed by atoms with Crippen LogP contribution in [0.5, 0.6) is 0 Å². The zero-order valence-electron chi connectivity index (χ0n) is 15.9. The van der Waals surface area contributed by atoms with Crippen LogP contribution in [-0.2, 0) is 33.1 Å². The van der Waals surface area contributed by atoms with Crippen molar-refractivity contribution in [3.63, 3.8) is 0 Å². The standard InChI is InChI=1S/C16H31O9P/c1-5-9-11-22-14(17)13(26(19,20)21)16(24-7-3,25-8-4)15(18)23-12-10-6-2/h13H,5-12H2,1-4H3,(H2,19,20,21). The van der Waals surface area contributed by atoms with Crippen LogP contribution in [0.4, 0.5) is 0 Å². The smallest absolute Gasteiger partial charge is 0.368 e. The lowest BCUT2D eigenvalue weighted by molar-refractivity contribution is -0.249. The average molecular weight is 398 g/mol. The van der Waals surface area contributed by atoms with Gasteiger partial charge in [0.1, 0.15) is 0 Å². The second-order valence-electron chi connectivity index (χ2n) is 5.54. The lowest BCUT2D eigenvalue weighted by atomic mass is 10.1. The van der Waals surface area contributed by atoms with E-state index in [1.54, 1.807) is 0 Å². The molecule has 154 valence electrons. The number of hydrogen-bond acceptors (Lipinski definition) is 7. The zero-order valence-corrected chi connectivity index (χ0v) is 16.8. The molecule has 26 heavy (non-hydrogen) atoms. The van der Waals surface area contributed by atoms with Gasteiger partial charge in [-0.25, -0.2) is 4.79 Å². The summed E-state index contributed by atoms with van der Waals surface area (Å²) in [7, 11) is -5.18. The monoisotopic (exact) mass is 398 g/mol. The van der Waals surface area contributed by atoms with Crippen LogP contribution >= 0.6 is 7.60 Å². The fraction of sp³-hybridized carbons (Fsp3) is 0.875. The molecular formula is C16H31O9P.